The Morgan fingerprint density at radius 1 is 1.56 bits per heavy atom. The molecule has 0 unspecified atom stereocenters. The van der Waals surface area contributed by atoms with E-state index in [1.54, 1.807) is 18.2 Å². The van der Waals surface area contributed by atoms with Crippen LogP contribution in [0.5, 0.6) is 5.75 Å². The average Bonchev–Trinajstić information content (AvgIpc) is 2.37. The third-order valence-corrected chi connectivity index (χ3v) is 2.61. The SMILES string of the molecule is C=CCNC(=O)NNc1cc(C)c(Cl)cc1OC. The summed E-state index contributed by atoms with van der Waals surface area (Å²) in [7, 11) is 1.53. The molecule has 0 saturated carbocycles. The van der Waals surface area contributed by atoms with Crippen LogP contribution in [-0.4, -0.2) is 19.7 Å². The number of amides is 2. The van der Waals surface area contributed by atoms with E-state index in [1.807, 2.05) is 6.92 Å². The van der Waals surface area contributed by atoms with E-state index in [4.69, 9.17) is 16.3 Å². The van der Waals surface area contributed by atoms with Crippen molar-refractivity contribution < 1.29 is 9.53 Å². The predicted molar refractivity (Wildman–Crippen MR) is 73.1 cm³/mol. The standard InChI is InChI=1S/C12H16ClN3O2/c1-4-5-14-12(17)16-15-10-6-8(2)9(13)7-11(10)18-3/h4,6-7,15H,1,5H2,2-3H3,(H2,14,16,17). The molecule has 0 aromatic heterocycles. The molecule has 1 aromatic rings. The lowest BCUT2D eigenvalue weighted by Crippen LogP contribution is -2.39. The molecule has 1 aromatic carbocycles. The lowest BCUT2D eigenvalue weighted by Gasteiger charge is -2.14. The molecule has 1 rings (SSSR count). The van der Waals surface area contributed by atoms with Crippen LogP contribution in [0, 0.1) is 6.92 Å². The zero-order valence-electron chi connectivity index (χ0n) is 10.3. The number of methoxy groups -OCH3 is 1. The molecule has 2 amide bonds. The number of hydrogen-bond acceptors (Lipinski definition) is 3. The summed E-state index contributed by atoms with van der Waals surface area (Å²) in [6.07, 6.45) is 1.59. The molecule has 98 valence electrons. The average molecular weight is 270 g/mol. The van der Waals surface area contributed by atoms with Gasteiger partial charge in [-0.15, -0.1) is 6.58 Å². The van der Waals surface area contributed by atoms with E-state index in [1.165, 1.54) is 7.11 Å². The number of carbonyl (C=O) groups is 1. The number of ether oxygens (including phenoxy) is 1. The Labute approximate surface area is 111 Å². The molecule has 0 bridgehead atoms. The number of urea groups is 1. The zero-order chi connectivity index (χ0) is 13.5. The van der Waals surface area contributed by atoms with E-state index >= 15 is 0 Å². The molecule has 0 aliphatic rings. The van der Waals surface area contributed by atoms with Crippen LogP contribution in [0.4, 0.5) is 10.5 Å². The Morgan fingerprint density at radius 3 is 2.89 bits per heavy atom. The van der Waals surface area contributed by atoms with E-state index in [9.17, 15) is 4.79 Å². The smallest absolute Gasteiger partial charge is 0.333 e. The third kappa shape index (κ3) is 3.85. The summed E-state index contributed by atoms with van der Waals surface area (Å²) >= 11 is 5.98. The molecule has 5 nitrogen and oxygen atoms in total. The van der Waals surface area contributed by atoms with Crippen molar-refractivity contribution in [2.75, 3.05) is 19.1 Å². The maximum atomic E-state index is 11.3. The maximum absolute atomic E-state index is 11.3. The first-order chi connectivity index (χ1) is 8.58. The highest BCUT2D eigenvalue weighted by Crippen LogP contribution is 2.30. The summed E-state index contributed by atoms with van der Waals surface area (Å²) in [6.45, 7) is 5.76. The quantitative estimate of drug-likeness (QED) is 0.568. The largest absolute Gasteiger partial charge is 0.494 e. The molecule has 0 aliphatic heterocycles. The van der Waals surface area contributed by atoms with Gasteiger partial charge in [-0.3, -0.25) is 10.9 Å². The molecule has 18 heavy (non-hydrogen) atoms. The number of hydrazine groups is 1. The molecule has 0 saturated heterocycles. The van der Waals surface area contributed by atoms with Gasteiger partial charge in [0.05, 0.1) is 12.8 Å². The van der Waals surface area contributed by atoms with Crippen molar-refractivity contribution in [2.24, 2.45) is 0 Å². The van der Waals surface area contributed by atoms with Gasteiger partial charge in [0, 0.05) is 17.6 Å². The summed E-state index contributed by atoms with van der Waals surface area (Å²) in [5.41, 5.74) is 6.76. The number of nitrogens with one attached hydrogen (secondary N) is 3. The Kier molecular flexibility index (Phi) is 5.32. The molecule has 0 aliphatic carbocycles. The Hall–Kier alpha value is -1.88. The van der Waals surface area contributed by atoms with Crippen LogP contribution >= 0.6 is 11.6 Å². The minimum Gasteiger partial charge on any atom is -0.494 e. The molecular formula is C12H16ClN3O2. The molecular weight excluding hydrogens is 254 g/mol. The van der Waals surface area contributed by atoms with Crippen LogP contribution in [0.25, 0.3) is 0 Å². The Bertz CT molecular complexity index is 449. The minimum absolute atomic E-state index is 0.357. The Morgan fingerprint density at radius 2 is 2.28 bits per heavy atom. The van der Waals surface area contributed by atoms with Gasteiger partial charge >= 0.3 is 6.03 Å². The predicted octanol–water partition coefficient (Wildman–Crippen LogP) is 2.47. The van der Waals surface area contributed by atoms with Crippen molar-refractivity contribution in [2.45, 2.75) is 6.92 Å². The van der Waals surface area contributed by atoms with Crippen LogP contribution in [0.1, 0.15) is 5.56 Å². The van der Waals surface area contributed by atoms with Crippen LogP contribution in [0.15, 0.2) is 24.8 Å². The topological polar surface area (TPSA) is 62.4 Å². The van der Waals surface area contributed by atoms with Gasteiger partial charge in [0.1, 0.15) is 5.75 Å². The first kappa shape index (κ1) is 14.2. The molecule has 0 radical (unpaired) electrons. The van der Waals surface area contributed by atoms with Gasteiger partial charge in [0.25, 0.3) is 0 Å². The van der Waals surface area contributed by atoms with E-state index in [-0.39, 0.29) is 6.03 Å². The van der Waals surface area contributed by atoms with E-state index in [2.05, 4.69) is 22.7 Å². The van der Waals surface area contributed by atoms with Gasteiger partial charge in [0.2, 0.25) is 0 Å². The van der Waals surface area contributed by atoms with E-state index in [0.29, 0.717) is 23.0 Å². The Balaban J connectivity index is 2.69. The van der Waals surface area contributed by atoms with Crippen molar-refractivity contribution in [3.8, 4) is 5.75 Å². The van der Waals surface area contributed by atoms with Crippen molar-refractivity contribution in [3.05, 3.63) is 35.4 Å². The number of anilines is 1. The molecule has 3 N–H and O–H groups in total. The summed E-state index contributed by atoms with van der Waals surface area (Å²) in [5.74, 6) is 0.551. The van der Waals surface area contributed by atoms with Crippen molar-refractivity contribution in [3.63, 3.8) is 0 Å². The van der Waals surface area contributed by atoms with Gasteiger partial charge in [-0.25, -0.2) is 4.79 Å². The van der Waals surface area contributed by atoms with Crippen LogP contribution in [-0.2, 0) is 0 Å². The van der Waals surface area contributed by atoms with Gasteiger partial charge in [0.15, 0.2) is 0 Å². The number of aryl methyl sites for hydroxylation is 1. The lowest BCUT2D eigenvalue weighted by molar-refractivity contribution is 0.244. The second-order valence-corrected chi connectivity index (χ2v) is 3.96. The maximum Gasteiger partial charge on any atom is 0.333 e. The first-order valence-corrected chi connectivity index (χ1v) is 5.71. The second-order valence-electron chi connectivity index (χ2n) is 3.55. The highest BCUT2D eigenvalue weighted by Gasteiger charge is 2.07. The van der Waals surface area contributed by atoms with E-state index < -0.39 is 0 Å². The summed E-state index contributed by atoms with van der Waals surface area (Å²) in [4.78, 5) is 11.3. The molecule has 0 atom stereocenters. The first-order valence-electron chi connectivity index (χ1n) is 5.33. The summed E-state index contributed by atoms with van der Waals surface area (Å²) in [5, 5.41) is 3.17. The summed E-state index contributed by atoms with van der Waals surface area (Å²) in [6, 6.07) is 3.11. The minimum atomic E-state index is -0.357. The number of carbonyl (C=O) groups excluding carboxylic acids is 1. The lowest BCUT2D eigenvalue weighted by atomic mass is 10.2. The molecule has 0 spiro atoms. The molecule has 0 heterocycles. The number of hydrogen-bond donors (Lipinski definition) is 3. The van der Waals surface area contributed by atoms with Gasteiger partial charge < -0.3 is 10.1 Å². The van der Waals surface area contributed by atoms with Crippen LogP contribution in [0.3, 0.4) is 0 Å². The highest BCUT2D eigenvalue weighted by molar-refractivity contribution is 6.31. The third-order valence-electron chi connectivity index (χ3n) is 2.20. The van der Waals surface area contributed by atoms with Gasteiger partial charge in [-0.2, -0.15) is 0 Å². The fraction of sp³-hybridized carbons (Fsp3) is 0.250. The molecule has 6 heteroatoms. The number of rotatable bonds is 5. The van der Waals surface area contributed by atoms with Gasteiger partial charge in [-0.05, 0) is 18.6 Å². The van der Waals surface area contributed by atoms with Crippen molar-refractivity contribution in [1.82, 2.24) is 10.7 Å². The highest BCUT2D eigenvalue weighted by atomic mass is 35.5. The van der Waals surface area contributed by atoms with Crippen molar-refractivity contribution in [1.29, 1.82) is 0 Å². The fourth-order valence-electron chi connectivity index (χ4n) is 1.26. The van der Waals surface area contributed by atoms with Gasteiger partial charge in [-0.1, -0.05) is 17.7 Å². The second kappa shape index (κ2) is 6.76. The van der Waals surface area contributed by atoms with Crippen LogP contribution in [0.2, 0.25) is 5.02 Å². The van der Waals surface area contributed by atoms with Crippen molar-refractivity contribution >= 4 is 23.3 Å². The van der Waals surface area contributed by atoms with E-state index in [0.717, 1.165) is 5.56 Å². The fourth-order valence-corrected chi connectivity index (χ4v) is 1.42. The zero-order valence-corrected chi connectivity index (χ0v) is 11.1. The van der Waals surface area contributed by atoms with Crippen LogP contribution < -0.4 is 20.9 Å². The molecule has 0 fully saturated rings. The summed E-state index contributed by atoms with van der Waals surface area (Å²) < 4.78 is 5.16. The number of benzene rings is 1. The monoisotopic (exact) mass is 269 g/mol. The number of halogens is 1. The normalized spacial score (nSPS) is 9.50.